The van der Waals surface area contributed by atoms with Gasteiger partial charge in [-0.3, -0.25) is 4.79 Å². The first-order chi connectivity index (χ1) is 8.14. The second kappa shape index (κ2) is 7.13. The molecule has 0 spiro atoms. The van der Waals surface area contributed by atoms with Gasteiger partial charge in [-0.2, -0.15) is 0 Å². The summed E-state index contributed by atoms with van der Waals surface area (Å²) in [6.07, 6.45) is 2.89. The van der Waals surface area contributed by atoms with Gasteiger partial charge in [0.15, 0.2) is 0 Å². The standard InChI is InChI=1S/C15H31NO2/c1-8-14(3,4)13(17)16-15(5,6)10-9-12(2)11-18-7/h12H,8-11H2,1-7H3,(H,16,17). The Balaban J connectivity index is 4.26. The Labute approximate surface area is 113 Å². The van der Waals surface area contributed by atoms with Crippen LogP contribution >= 0.6 is 0 Å². The number of hydrogen-bond donors (Lipinski definition) is 1. The topological polar surface area (TPSA) is 38.3 Å². The smallest absolute Gasteiger partial charge is 0.226 e. The van der Waals surface area contributed by atoms with Gasteiger partial charge in [0.05, 0.1) is 0 Å². The Kier molecular flexibility index (Phi) is 6.90. The van der Waals surface area contributed by atoms with Crippen LogP contribution in [0.3, 0.4) is 0 Å². The molecule has 1 amide bonds. The summed E-state index contributed by atoms with van der Waals surface area (Å²) in [5, 5.41) is 3.17. The van der Waals surface area contributed by atoms with E-state index in [1.165, 1.54) is 0 Å². The van der Waals surface area contributed by atoms with Crippen molar-refractivity contribution >= 4 is 5.91 Å². The van der Waals surface area contributed by atoms with E-state index in [9.17, 15) is 4.79 Å². The molecular formula is C15H31NO2. The molecular weight excluding hydrogens is 226 g/mol. The molecule has 0 bridgehead atoms. The van der Waals surface area contributed by atoms with E-state index in [4.69, 9.17) is 4.74 Å². The molecule has 3 nitrogen and oxygen atoms in total. The second-order valence-corrected chi connectivity index (χ2v) is 6.67. The molecule has 0 aliphatic carbocycles. The maximum atomic E-state index is 12.1. The van der Waals surface area contributed by atoms with Crippen LogP contribution in [0.5, 0.6) is 0 Å². The maximum Gasteiger partial charge on any atom is 0.226 e. The lowest BCUT2D eigenvalue weighted by molar-refractivity contribution is -0.131. The van der Waals surface area contributed by atoms with Crippen LogP contribution in [0.4, 0.5) is 0 Å². The van der Waals surface area contributed by atoms with Crippen LogP contribution in [0.2, 0.25) is 0 Å². The lowest BCUT2D eigenvalue weighted by Crippen LogP contribution is -2.48. The Morgan fingerprint density at radius 2 is 1.83 bits per heavy atom. The second-order valence-electron chi connectivity index (χ2n) is 6.67. The van der Waals surface area contributed by atoms with Gasteiger partial charge in [-0.1, -0.05) is 27.7 Å². The highest BCUT2D eigenvalue weighted by Gasteiger charge is 2.30. The van der Waals surface area contributed by atoms with Crippen LogP contribution in [0.25, 0.3) is 0 Å². The normalized spacial score (nSPS) is 14.4. The first-order valence-corrected chi connectivity index (χ1v) is 6.96. The molecule has 0 heterocycles. The summed E-state index contributed by atoms with van der Waals surface area (Å²) >= 11 is 0. The maximum absolute atomic E-state index is 12.1. The Morgan fingerprint density at radius 1 is 1.28 bits per heavy atom. The summed E-state index contributed by atoms with van der Waals surface area (Å²) in [5.74, 6) is 0.680. The van der Waals surface area contributed by atoms with Gasteiger partial charge in [-0.25, -0.2) is 0 Å². The number of carbonyl (C=O) groups excluding carboxylic acids is 1. The van der Waals surface area contributed by atoms with Gasteiger partial charge in [0, 0.05) is 24.7 Å². The summed E-state index contributed by atoms with van der Waals surface area (Å²) in [7, 11) is 1.73. The van der Waals surface area contributed by atoms with E-state index in [0.29, 0.717) is 5.92 Å². The fraction of sp³-hybridized carbons (Fsp3) is 0.933. The number of ether oxygens (including phenoxy) is 1. The lowest BCUT2D eigenvalue weighted by Gasteiger charge is -2.32. The molecule has 18 heavy (non-hydrogen) atoms. The van der Waals surface area contributed by atoms with E-state index in [1.807, 2.05) is 20.8 Å². The van der Waals surface area contributed by atoms with Crippen molar-refractivity contribution in [2.45, 2.75) is 66.3 Å². The number of carbonyl (C=O) groups is 1. The third-order valence-electron chi connectivity index (χ3n) is 3.66. The molecule has 1 N–H and O–H groups in total. The van der Waals surface area contributed by atoms with Crippen molar-refractivity contribution in [2.75, 3.05) is 13.7 Å². The zero-order valence-electron chi connectivity index (χ0n) is 13.2. The SMILES string of the molecule is CCC(C)(C)C(=O)NC(C)(C)CCC(C)COC. The molecule has 3 heteroatoms. The van der Waals surface area contributed by atoms with E-state index in [1.54, 1.807) is 7.11 Å². The van der Waals surface area contributed by atoms with Crippen molar-refractivity contribution in [1.82, 2.24) is 5.32 Å². The van der Waals surface area contributed by atoms with Gasteiger partial charge in [0.25, 0.3) is 0 Å². The lowest BCUT2D eigenvalue weighted by atomic mass is 9.86. The molecule has 0 aliphatic heterocycles. The average molecular weight is 257 g/mol. The molecule has 0 aromatic heterocycles. The van der Waals surface area contributed by atoms with Gasteiger partial charge in [0.2, 0.25) is 5.91 Å². The van der Waals surface area contributed by atoms with Gasteiger partial charge in [-0.05, 0) is 39.0 Å². The van der Waals surface area contributed by atoms with Crippen LogP contribution in [-0.2, 0) is 9.53 Å². The van der Waals surface area contributed by atoms with Crippen molar-refractivity contribution in [1.29, 1.82) is 0 Å². The predicted molar refractivity (Wildman–Crippen MR) is 76.6 cm³/mol. The van der Waals surface area contributed by atoms with Crippen LogP contribution in [-0.4, -0.2) is 25.2 Å². The van der Waals surface area contributed by atoms with Gasteiger partial charge >= 0.3 is 0 Å². The molecule has 0 fully saturated rings. The highest BCUT2D eigenvalue weighted by atomic mass is 16.5. The molecule has 108 valence electrons. The zero-order valence-corrected chi connectivity index (χ0v) is 13.2. The third kappa shape index (κ3) is 6.39. The number of hydrogen-bond acceptors (Lipinski definition) is 2. The van der Waals surface area contributed by atoms with Crippen LogP contribution in [0.1, 0.15) is 60.8 Å². The average Bonchev–Trinajstić information content (AvgIpc) is 2.26. The fourth-order valence-electron chi connectivity index (χ4n) is 1.67. The van der Waals surface area contributed by atoms with E-state index < -0.39 is 0 Å². The largest absolute Gasteiger partial charge is 0.384 e. The zero-order chi connectivity index (χ0) is 14.4. The summed E-state index contributed by atoms with van der Waals surface area (Å²) in [5.41, 5.74) is -0.430. The number of nitrogens with one attached hydrogen (secondary N) is 1. The summed E-state index contributed by atoms with van der Waals surface area (Å²) in [4.78, 5) is 12.1. The highest BCUT2D eigenvalue weighted by molar-refractivity contribution is 5.82. The number of methoxy groups -OCH3 is 1. The van der Waals surface area contributed by atoms with Crippen molar-refractivity contribution in [3.8, 4) is 0 Å². The Hall–Kier alpha value is -0.570. The third-order valence-corrected chi connectivity index (χ3v) is 3.66. The minimum absolute atomic E-state index is 0.147. The molecule has 1 atom stereocenters. The van der Waals surface area contributed by atoms with E-state index in [2.05, 4.69) is 26.1 Å². The van der Waals surface area contributed by atoms with Crippen molar-refractivity contribution < 1.29 is 9.53 Å². The van der Waals surface area contributed by atoms with Crippen LogP contribution in [0.15, 0.2) is 0 Å². The minimum Gasteiger partial charge on any atom is -0.384 e. The minimum atomic E-state index is -0.282. The Bertz CT molecular complexity index is 259. The van der Waals surface area contributed by atoms with Crippen molar-refractivity contribution in [3.05, 3.63) is 0 Å². The Morgan fingerprint density at radius 3 is 2.28 bits per heavy atom. The monoisotopic (exact) mass is 257 g/mol. The van der Waals surface area contributed by atoms with Crippen LogP contribution in [0, 0.1) is 11.3 Å². The van der Waals surface area contributed by atoms with Gasteiger partial charge < -0.3 is 10.1 Å². The van der Waals surface area contributed by atoms with E-state index in [-0.39, 0.29) is 16.9 Å². The van der Waals surface area contributed by atoms with Gasteiger partial charge in [-0.15, -0.1) is 0 Å². The molecule has 0 saturated heterocycles. The quantitative estimate of drug-likeness (QED) is 0.724. The highest BCUT2D eigenvalue weighted by Crippen LogP contribution is 2.23. The predicted octanol–water partition coefficient (Wildman–Crippen LogP) is 3.38. The molecule has 0 aromatic carbocycles. The number of amides is 1. The van der Waals surface area contributed by atoms with Crippen molar-refractivity contribution in [3.63, 3.8) is 0 Å². The van der Waals surface area contributed by atoms with Crippen molar-refractivity contribution in [2.24, 2.45) is 11.3 Å². The van der Waals surface area contributed by atoms with Gasteiger partial charge in [0.1, 0.15) is 0 Å². The molecule has 0 rings (SSSR count). The molecule has 0 aromatic rings. The first-order valence-electron chi connectivity index (χ1n) is 6.96. The molecule has 1 unspecified atom stereocenters. The molecule has 0 aliphatic rings. The summed E-state index contributed by atoms with van der Waals surface area (Å²) in [6.45, 7) is 13.2. The summed E-state index contributed by atoms with van der Waals surface area (Å²) < 4.78 is 5.13. The fourth-order valence-corrected chi connectivity index (χ4v) is 1.67. The van der Waals surface area contributed by atoms with Crippen LogP contribution < -0.4 is 5.32 Å². The number of rotatable bonds is 8. The first kappa shape index (κ1) is 17.4. The summed E-state index contributed by atoms with van der Waals surface area (Å²) in [6, 6.07) is 0. The van der Waals surface area contributed by atoms with E-state index in [0.717, 1.165) is 25.9 Å². The molecule has 0 radical (unpaired) electrons. The molecule has 0 saturated carbocycles. The van der Waals surface area contributed by atoms with E-state index >= 15 is 0 Å².